The predicted molar refractivity (Wildman–Crippen MR) is 95.0 cm³/mol. The molecule has 0 aliphatic carbocycles. The van der Waals surface area contributed by atoms with E-state index in [-0.39, 0.29) is 11.5 Å². The summed E-state index contributed by atoms with van der Waals surface area (Å²) in [5, 5.41) is 31.6. The monoisotopic (exact) mass is 332 g/mol. The maximum absolute atomic E-state index is 10.6. The van der Waals surface area contributed by atoms with Crippen molar-refractivity contribution in [2.45, 2.75) is 33.3 Å². The molecular formula is C19H21ClO3. The van der Waals surface area contributed by atoms with Crippen LogP contribution >= 0.6 is 11.6 Å². The molecule has 0 saturated heterocycles. The Hall–Kier alpha value is -1.97. The highest BCUT2D eigenvalue weighted by Gasteiger charge is 2.20. The smallest absolute Gasteiger partial charge is 0.127 e. The second-order valence-electron chi connectivity index (χ2n) is 6.23. The molecule has 0 atom stereocenters. The van der Waals surface area contributed by atoms with Gasteiger partial charge in [-0.05, 0) is 56.5 Å². The number of hydrogen-bond donors (Lipinski definition) is 3. The SMILES string of the molecule is Cc1c(C)c(O)c(-c2ccc(Cl)cc2)c(C=CC(C)(C)O)c1O. The molecule has 0 unspecified atom stereocenters. The molecule has 0 heterocycles. The number of hydrogen-bond acceptors (Lipinski definition) is 3. The molecule has 2 aromatic carbocycles. The third-order valence-electron chi connectivity index (χ3n) is 3.82. The fourth-order valence-corrected chi connectivity index (χ4v) is 2.47. The molecule has 0 aliphatic heterocycles. The van der Waals surface area contributed by atoms with Crippen molar-refractivity contribution in [3.8, 4) is 22.6 Å². The van der Waals surface area contributed by atoms with Crippen LogP contribution in [-0.4, -0.2) is 20.9 Å². The summed E-state index contributed by atoms with van der Waals surface area (Å²) in [7, 11) is 0. The maximum Gasteiger partial charge on any atom is 0.127 e. The average molecular weight is 333 g/mol. The molecule has 0 aliphatic rings. The van der Waals surface area contributed by atoms with Crippen molar-refractivity contribution in [2.24, 2.45) is 0 Å². The minimum Gasteiger partial charge on any atom is -0.507 e. The summed E-state index contributed by atoms with van der Waals surface area (Å²) < 4.78 is 0. The van der Waals surface area contributed by atoms with Crippen LogP contribution in [0.1, 0.15) is 30.5 Å². The highest BCUT2D eigenvalue weighted by Crippen LogP contribution is 2.44. The fourth-order valence-electron chi connectivity index (χ4n) is 2.35. The molecule has 0 aromatic heterocycles. The van der Waals surface area contributed by atoms with Crippen molar-refractivity contribution in [3.05, 3.63) is 52.1 Å². The van der Waals surface area contributed by atoms with Crippen LogP contribution in [-0.2, 0) is 0 Å². The van der Waals surface area contributed by atoms with Gasteiger partial charge < -0.3 is 15.3 Å². The Kier molecular flexibility index (Phi) is 4.73. The normalized spacial score (nSPS) is 12.1. The van der Waals surface area contributed by atoms with Crippen molar-refractivity contribution < 1.29 is 15.3 Å². The van der Waals surface area contributed by atoms with E-state index in [0.717, 1.165) is 5.56 Å². The lowest BCUT2D eigenvalue weighted by molar-refractivity contribution is 0.134. The van der Waals surface area contributed by atoms with Gasteiger partial charge in [-0.15, -0.1) is 0 Å². The van der Waals surface area contributed by atoms with Crippen molar-refractivity contribution in [3.63, 3.8) is 0 Å². The fraction of sp³-hybridized carbons (Fsp3) is 0.263. The third kappa shape index (κ3) is 3.69. The zero-order valence-corrected chi connectivity index (χ0v) is 14.4. The van der Waals surface area contributed by atoms with Gasteiger partial charge in [0.1, 0.15) is 11.5 Å². The van der Waals surface area contributed by atoms with Crippen molar-refractivity contribution in [1.29, 1.82) is 0 Å². The van der Waals surface area contributed by atoms with Crippen LogP contribution in [0.2, 0.25) is 5.02 Å². The first-order chi connectivity index (χ1) is 10.6. The Balaban J connectivity index is 2.77. The van der Waals surface area contributed by atoms with Gasteiger partial charge in [-0.1, -0.05) is 35.9 Å². The van der Waals surface area contributed by atoms with Gasteiger partial charge in [0.25, 0.3) is 0 Å². The van der Waals surface area contributed by atoms with Gasteiger partial charge in [0.05, 0.1) is 5.60 Å². The first-order valence-electron chi connectivity index (χ1n) is 7.34. The van der Waals surface area contributed by atoms with Crippen LogP contribution in [0.4, 0.5) is 0 Å². The Morgan fingerprint density at radius 2 is 1.48 bits per heavy atom. The molecule has 122 valence electrons. The van der Waals surface area contributed by atoms with Gasteiger partial charge in [0.15, 0.2) is 0 Å². The quantitative estimate of drug-likeness (QED) is 0.706. The van der Waals surface area contributed by atoms with E-state index in [4.69, 9.17) is 11.6 Å². The van der Waals surface area contributed by atoms with E-state index in [1.54, 1.807) is 64.1 Å². The summed E-state index contributed by atoms with van der Waals surface area (Å²) in [5.74, 6) is 0.198. The van der Waals surface area contributed by atoms with E-state index >= 15 is 0 Å². The van der Waals surface area contributed by atoms with E-state index < -0.39 is 5.60 Å². The van der Waals surface area contributed by atoms with Crippen molar-refractivity contribution in [2.75, 3.05) is 0 Å². The van der Waals surface area contributed by atoms with E-state index in [2.05, 4.69) is 0 Å². The van der Waals surface area contributed by atoms with Crippen LogP contribution in [0, 0.1) is 13.8 Å². The number of aromatic hydroxyl groups is 2. The van der Waals surface area contributed by atoms with E-state index in [0.29, 0.717) is 27.3 Å². The molecule has 0 saturated carbocycles. The molecule has 0 fully saturated rings. The molecule has 3 N–H and O–H groups in total. The Morgan fingerprint density at radius 3 is 2.00 bits per heavy atom. The van der Waals surface area contributed by atoms with Crippen LogP contribution in [0.15, 0.2) is 30.3 Å². The van der Waals surface area contributed by atoms with Crippen LogP contribution < -0.4 is 0 Å². The first kappa shape index (κ1) is 17.4. The van der Waals surface area contributed by atoms with Gasteiger partial charge in [0, 0.05) is 16.1 Å². The second-order valence-corrected chi connectivity index (χ2v) is 6.67. The highest BCUT2D eigenvalue weighted by molar-refractivity contribution is 6.30. The number of benzene rings is 2. The minimum atomic E-state index is -1.03. The van der Waals surface area contributed by atoms with E-state index in [1.165, 1.54) is 0 Å². The summed E-state index contributed by atoms with van der Waals surface area (Å²) in [5.41, 5.74) is 1.92. The van der Waals surface area contributed by atoms with Crippen molar-refractivity contribution >= 4 is 17.7 Å². The van der Waals surface area contributed by atoms with Gasteiger partial charge in [-0.2, -0.15) is 0 Å². The van der Waals surface area contributed by atoms with Gasteiger partial charge >= 0.3 is 0 Å². The molecule has 3 nitrogen and oxygen atoms in total. The van der Waals surface area contributed by atoms with E-state index in [1.807, 2.05) is 0 Å². The molecule has 2 aromatic rings. The largest absolute Gasteiger partial charge is 0.507 e. The lowest BCUT2D eigenvalue weighted by Crippen LogP contribution is -2.13. The molecule has 0 bridgehead atoms. The summed E-state index contributed by atoms with van der Waals surface area (Å²) in [4.78, 5) is 0. The van der Waals surface area contributed by atoms with E-state index in [9.17, 15) is 15.3 Å². The van der Waals surface area contributed by atoms with Gasteiger partial charge in [0.2, 0.25) is 0 Å². The Morgan fingerprint density at radius 1 is 0.957 bits per heavy atom. The zero-order valence-electron chi connectivity index (χ0n) is 13.7. The first-order valence-corrected chi connectivity index (χ1v) is 7.72. The summed E-state index contributed by atoms with van der Waals surface area (Å²) >= 11 is 5.93. The van der Waals surface area contributed by atoms with Crippen LogP contribution in [0.5, 0.6) is 11.5 Å². The number of phenols is 2. The molecule has 0 amide bonds. The summed E-state index contributed by atoms with van der Waals surface area (Å²) in [6.07, 6.45) is 3.21. The average Bonchev–Trinajstić information content (AvgIpc) is 2.47. The molecular weight excluding hydrogens is 312 g/mol. The highest BCUT2D eigenvalue weighted by atomic mass is 35.5. The number of rotatable bonds is 3. The van der Waals surface area contributed by atoms with Crippen LogP contribution in [0.25, 0.3) is 17.2 Å². The summed E-state index contributed by atoms with van der Waals surface area (Å²) in [6, 6.07) is 7.03. The molecule has 4 heteroatoms. The lowest BCUT2D eigenvalue weighted by atomic mass is 9.91. The number of halogens is 1. The topological polar surface area (TPSA) is 60.7 Å². The molecule has 0 spiro atoms. The number of aliphatic hydroxyl groups is 1. The predicted octanol–water partition coefficient (Wildman–Crippen LogP) is 4.82. The second kappa shape index (κ2) is 6.26. The zero-order chi connectivity index (χ0) is 17.4. The third-order valence-corrected chi connectivity index (χ3v) is 4.08. The van der Waals surface area contributed by atoms with Gasteiger partial charge in [-0.3, -0.25) is 0 Å². The number of phenolic OH excluding ortho intramolecular Hbond substituents is 2. The summed E-state index contributed by atoms with van der Waals surface area (Å²) in [6.45, 7) is 6.79. The standard InChI is InChI=1S/C19H21ClO3/c1-11-12(2)18(22)16(13-5-7-14(20)8-6-13)15(17(11)21)9-10-19(3,4)23/h5-10,21-23H,1-4H3. The molecule has 2 rings (SSSR count). The lowest BCUT2D eigenvalue weighted by Gasteiger charge is -2.18. The molecule has 23 heavy (non-hydrogen) atoms. The van der Waals surface area contributed by atoms with Crippen molar-refractivity contribution in [1.82, 2.24) is 0 Å². The van der Waals surface area contributed by atoms with Gasteiger partial charge in [-0.25, -0.2) is 0 Å². The Bertz CT molecular complexity index is 754. The van der Waals surface area contributed by atoms with Crippen LogP contribution in [0.3, 0.4) is 0 Å². The Labute approximate surface area is 141 Å². The minimum absolute atomic E-state index is 0.0887. The molecule has 0 radical (unpaired) electrons. The maximum atomic E-state index is 10.6.